The normalized spacial score (nSPS) is 24.1. The van der Waals surface area contributed by atoms with E-state index in [2.05, 4.69) is 25.3 Å². The van der Waals surface area contributed by atoms with Crippen LogP contribution in [0.4, 0.5) is 20.3 Å². The maximum Gasteiger partial charge on any atom is 0.180 e. The van der Waals surface area contributed by atoms with Crippen molar-refractivity contribution in [2.75, 3.05) is 19.0 Å². The lowest BCUT2D eigenvalue weighted by Gasteiger charge is -2.34. The number of benzene rings is 1. The largest absolute Gasteiger partial charge is 0.486 e. The molecule has 196 valence electrons. The highest BCUT2D eigenvalue weighted by atomic mass is 32.2. The number of anilines is 2. The minimum atomic E-state index is -1.04. The lowest BCUT2D eigenvalue weighted by molar-refractivity contribution is 0.184. The zero-order valence-electron chi connectivity index (χ0n) is 20.6. The highest BCUT2D eigenvalue weighted by Crippen LogP contribution is 2.66. The number of thioether (sulfide) groups is 1. The maximum atomic E-state index is 15.2. The van der Waals surface area contributed by atoms with Crippen LogP contribution in [0.5, 0.6) is 5.75 Å². The minimum absolute atomic E-state index is 0.0515. The van der Waals surface area contributed by atoms with Gasteiger partial charge in [0.05, 0.1) is 23.1 Å². The summed E-state index contributed by atoms with van der Waals surface area (Å²) >= 11 is 1.44. The van der Waals surface area contributed by atoms with Crippen molar-refractivity contribution >= 4 is 39.3 Å². The molecular weight excluding hydrogens is 514 g/mol. The summed E-state index contributed by atoms with van der Waals surface area (Å²) in [5.74, 6) is -1.07. The third-order valence-electron chi connectivity index (χ3n) is 7.02. The van der Waals surface area contributed by atoms with Gasteiger partial charge in [-0.25, -0.2) is 23.7 Å². The number of halogens is 2. The van der Waals surface area contributed by atoms with Crippen LogP contribution in [-0.4, -0.2) is 38.6 Å². The summed E-state index contributed by atoms with van der Waals surface area (Å²) in [6.45, 7) is 2.47. The summed E-state index contributed by atoms with van der Waals surface area (Å²) in [6, 6.07) is 6.26. The van der Waals surface area contributed by atoms with Crippen molar-refractivity contribution in [1.29, 1.82) is 0 Å². The molecule has 0 bridgehead atoms. The lowest BCUT2D eigenvalue weighted by Crippen LogP contribution is -2.37. The molecule has 0 amide bonds. The Morgan fingerprint density at radius 1 is 1.24 bits per heavy atom. The molecule has 4 heterocycles. The standard InChI is InChI=1S/C26H24F2N6O3S/c1-25(20-8-26(20,12-35-2)38-24(29)34-25)18-6-15(7-19(27)21(18)28)33-23-22-14(3-4-30-23)5-17(9-31-22)37-11-16-10-36-13-32-16/h3-7,9-10,13,20H,8,11-12H2,1-2H3,(H2,29,34)(H,30,33)/t20-,25+,26+/m0/s1. The average molecular weight is 539 g/mol. The predicted molar refractivity (Wildman–Crippen MR) is 139 cm³/mol. The van der Waals surface area contributed by atoms with Gasteiger partial charge in [0, 0.05) is 41.9 Å². The van der Waals surface area contributed by atoms with E-state index in [-0.39, 0.29) is 22.8 Å². The number of aliphatic imine (C=N–C) groups is 1. The van der Waals surface area contributed by atoms with E-state index in [0.717, 1.165) is 17.9 Å². The molecule has 1 aliphatic carbocycles. The Morgan fingerprint density at radius 2 is 2.11 bits per heavy atom. The predicted octanol–water partition coefficient (Wildman–Crippen LogP) is 4.90. The van der Waals surface area contributed by atoms with E-state index in [1.807, 2.05) is 6.07 Å². The van der Waals surface area contributed by atoms with Crippen molar-refractivity contribution in [3.63, 3.8) is 0 Å². The first-order valence-electron chi connectivity index (χ1n) is 11.9. The van der Waals surface area contributed by atoms with Gasteiger partial charge < -0.3 is 24.9 Å². The first kappa shape index (κ1) is 24.6. The van der Waals surface area contributed by atoms with Gasteiger partial charge in [-0.15, -0.1) is 0 Å². The fourth-order valence-electron chi connectivity index (χ4n) is 5.17. The zero-order valence-corrected chi connectivity index (χ0v) is 21.4. The van der Waals surface area contributed by atoms with Crippen LogP contribution in [0.25, 0.3) is 10.9 Å². The second-order valence-corrected chi connectivity index (χ2v) is 11.0. The Kier molecular flexibility index (Phi) is 5.95. The monoisotopic (exact) mass is 538 g/mol. The number of nitrogens with two attached hydrogens (primary N) is 1. The van der Waals surface area contributed by atoms with Crippen LogP contribution in [0.1, 0.15) is 24.6 Å². The zero-order chi connectivity index (χ0) is 26.5. The number of pyridine rings is 2. The third-order valence-corrected chi connectivity index (χ3v) is 8.30. The van der Waals surface area contributed by atoms with Crippen LogP contribution in [0.3, 0.4) is 0 Å². The number of aromatic nitrogens is 3. The fourth-order valence-corrected chi connectivity index (χ4v) is 6.62. The van der Waals surface area contributed by atoms with E-state index >= 15 is 4.39 Å². The summed E-state index contributed by atoms with van der Waals surface area (Å²) in [6.07, 6.45) is 6.74. The Bertz CT molecular complexity index is 1550. The molecule has 0 spiro atoms. The highest BCUT2D eigenvalue weighted by Gasteiger charge is 2.66. The average Bonchev–Trinajstić information content (AvgIpc) is 3.36. The van der Waals surface area contributed by atoms with Crippen molar-refractivity contribution in [2.45, 2.75) is 30.2 Å². The summed E-state index contributed by atoms with van der Waals surface area (Å²) < 4.78 is 46.0. The van der Waals surface area contributed by atoms with Crippen molar-refractivity contribution < 1.29 is 22.7 Å². The van der Waals surface area contributed by atoms with Crippen molar-refractivity contribution in [3.05, 3.63) is 72.2 Å². The molecule has 4 aromatic rings. The number of hydrogen-bond acceptors (Lipinski definition) is 10. The maximum absolute atomic E-state index is 15.2. The second-order valence-electron chi connectivity index (χ2n) is 9.57. The Balaban J connectivity index is 1.31. The summed E-state index contributed by atoms with van der Waals surface area (Å²) in [5, 5.41) is 4.19. The van der Waals surface area contributed by atoms with Crippen LogP contribution in [-0.2, 0) is 16.9 Å². The van der Waals surface area contributed by atoms with Gasteiger partial charge in [-0.1, -0.05) is 11.8 Å². The van der Waals surface area contributed by atoms with Gasteiger partial charge in [0.25, 0.3) is 0 Å². The van der Waals surface area contributed by atoms with Gasteiger partial charge in [-0.3, -0.25) is 4.99 Å². The molecule has 12 heteroatoms. The van der Waals surface area contributed by atoms with Crippen LogP contribution in [0.2, 0.25) is 0 Å². The summed E-state index contributed by atoms with van der Waals surface area (Å²) in [4.78, 5) is 17.5. The number of rotatable bonds is 8. The first-order chi connectivity index (χ1) is 18.3. The number of amidine groups is 1. The molecule has 38 heavy (non-hydrogen) atoms. The quantitative estimate of drug-likeness (QED) is 0.323. The van der Waals surface area contributed by atoms with Crippen molar-refractivity contribution in [2.24, 2.45) is 16.6 Å². The second kappa shape index (κ2) is 9.21. The van der Waals surface area contributed by atoms with Gasteiger partial charge in [0.2, 0.25) is 0 Å². The summed E-state index contributed by atoms with van der Waals surface area (Å²) in [5.41, 5.74) is 6.73. The van der Waals surface area contributed by atoms with E-state index in [9.17, 15) is 4.39 Å². The highest BCUT2D eigenvalue weighted by molar-refractivity contribution is 8.15. The van der Waals surface area contributed by atoms with Crippen LogP contribution in [0.15, 0.2) is 58.7 Å². The molecule has 3 aromatic heterocycles. The number of hydrogen-bond donors (Lipinski definition) is 2. The van der Waals surface area contributed by atoms with Crippen molar-refractivity contribution in [1.82, 2.24) is 15.0 Å². The minimum Gasteiger partial charge on any atom is -0.486 e. The molecule has 6 rings (SSSR count). The van der Waals surface area contributed by atoms with Crippen LogP contribution >= 0.6 is 11.8 Å². The molecule has 1 aliphatic heterocycles. The molecule has 0 saturated heterocycles. The molecule has 0 radical (unpaired) electrons. The lowest BCUT2D eigenvalue weighted by atomic mass is 9.85. The van der Waals surface area contributed by atoms with E-state index in [1.165, 1.54) is 24.4 Å². The van der Waals surface area contributed by atoms with Crippen molar-refractivity contribution in [3.8, 4) is 5.75 Å². The molecule has 1 aromatic carbocycles. The summed E-state index contributed by atoms with van der Waals surface area (Å²) in [7, 11) is 1.62. The molecule has 3 N–H and O–H groups in total. The molecule has 1 fully saturated rings. The Hall–Kier alpha value is -3.77. The topological polar surface area (TPSA) is 121 Å². The van der Waals surface area contributed by atoms with Gasteiger partial charge in [0.1, 0.15) is 29.8 Å². The fraction of sp³-hybridized carbons (Fsp3) is 0.308. The molecular formula is C26H24F2N6O3S. The van der Waals surface area contributed by atoms with Gasteiger partial charge in [-0.2, -0.15) is 0 Å². The van der Waals surface area contributed by atoms with Gasteiger partial charge in [-0.05, 0) is 31.5 Å². The Labute approximate surface area is 220 Å². The molecule has 0 unspecified atom stereocenters. The number of nitrogens with zero attached hydrogens (tertiary/aromatic N) is 4. The number of nitrogens with one attached hydrogen (secondary N) is 1. The molecule has 1 saturated carbocycles. The first-order valence-corrected chi connectivity index (χ1v) is 12.7. The van der Waals surface area contributed by atoms with Crippen LogP contribution < -0.4 is 15.8 Å². The number of methoxy groups -OCH3 is 1. The van der Waals surface area contributed by atoms with Gasteiger partial charge >= 0.3 is 0 Å². The number of ether oxygens (including phenoxy) is 2. The number of fused-ring (bicyclic) bond motifs is 2. The smallest absolute Gasteiger partial charge is 0.180 e. The molecule has 3 atom stereocenters. The van der Waals surface area contributed by atoms with E-state index in [1.54, 1.807) is 38.6 Å². The molecule has 9 nitrogen and oxygen atoms in total. The van der Waals surface area contributed by atoms with Gasteiger partial charge in [0.15, 0.2) is 29.0 Å². The van der Waals surface area contributed by atoms with E-state index in [4.69, 9.17) is 19.6 Å². The van der Waals surface area contributed by atoms with Crippen LogP contribution in [0, 0.1) is 17.6 Å². The van der Waals surface area contributed by atoms with E-state index < -0.39 is 17.2 Å². The van der Waals surface area contributed by atoms with E-state index in [0.29, 0.717) is 40.2 Å². The Morgan fingerprint density at radius 3 is 2.89 bits per heavy atom. The third kappa shape index (κ3) is 4.23. The molecule has 2 aliphatic rings. The number of oxazole rings is 1. The SMILES string of the molecule is COC[C@]12C[C@H]1[C@@](C)(c1cc(Nc3nccc4cc(OCc5cocn5)cnc34)cc(F)c1F)N=C(N)S2.